The molecule has 0 aliphatic heterocycles. The Kier molecular flexibility index (Phi) is 3.61. The summed E-state index contributed by atoms with van der Waals surface area (Å²) in [5.74, 6) is 0.190. The molecule has 7 nitrogen and oxygen atoms in total. The van der Waals surface area contributed by atoms with Crippen molar-refractivity contribution in [1.82, 2.24) is 14.6 Å². The fourth-order valence-electron chi connectivity index (χ4n) is 2.37. The second-order valence-corrected chi connectivity index (χ2v) is 5.24. The predicted octanol–water partition coefficient (Wildman–Crippen LogP) is 1.90. The van der Waals surface area contributed by atoms with E-state index in [1.54, 1.807) is 13.0 Å². The molecule has 0 radical (unpaired) electrons. The lowest BCUT2D eigenvalue weighted by Gasteiger charge is -2.10. The van der Waals surface area contributed by atoms with Gasteiger partial charge in [-0.1, -0.05) is 6.07 Å². The van der Waals surface area contributed by atoms with Crippen molar-refractivity contribution in [2.24, 2.45) is 0 Å². The molecule has 0 atom stereocenters. The molecule has 1 aromatic carbocycles. The summed E-state index contributed by atoms with van der Waals surface area (Å²) in [6.07, 6.45) is 1.46. The molecule has 0 spiro atoms. The Balaban J connectivity index is 2.02. The van der Waals surface area contributed by atoms with Gasteiger partial charge < -0.3 is 10.1 Å². The Morgan fingerprint density at radius 2 is 2.09 bits per heavy atom. The summed E-state index contributed by atoms with van der Waals surface area (Å²) in [5, 5.41) is 5.54. The van der Waals surface area contributed by atoms with Gasteiger partial charge in [0.15, 0.2) is 5.65 Å². The Labute approximate surface area is 131 Å². The molecule has 0 bridgehead atoms. The minimum absolute atomic E-state index is 0.264. The smallest absolute Gasteiger partial charge is 0.272 e. The number of nitrogens with one attached hydrogen (secondary N) is 2. The monoisotopic (exact) mass is 312 g/mol. The zero-order valence-corrected chi connectivity index (χ0v) is 13.0. The number of benzene rings is 1. The number of carbonyl (C=O) groups excluding carboxylic acids is 1. The molecule has 2 N–H and O–H groups in total. The normalized spacial score (nSPS) is 10.7. The van der Waals surface area contributed by atoms with Crippen molar-refractivity contribution >= 4 is 17.2 Å². The largest absolute Gasteiger partial charge is 0.495 e. The highest BCUT2D eigenvalue weighted by atomic mass is 16.5. The summed E-state index contributed by atoms with van der Waals surface area (Å²) < 4.78 is 6.48. The summed E-state index contributed by atoms with van der Waals surface area (Å²) in [4.78, 5) is 28.7. The van der Waals surface area contributed by atoms with Crippen LogP contribution in [0.25, 0.3) is 5.65 Å². The van der Waals surface area contributed by atoms with Crippen molar-refractivity contribution in [3.63, 3.8) is 0 Å². The van der Waals surface area contributed by atoms with Gasteiger partial charge in [0, 0.05) is 18.0 Å². The molecule has 3 rings (SSSR count). The maximum Gasteiger partial charge on any atom is 0.272 e. The Bertz CT molecular complexity index is 956. The highest BCUT2D eigenvalue weighted by molar-refractivity contribution is 6.08. The van der Waals surface area contributed by atoms with E-state index in [2.05, 4.69) is 15.4 Å². The number of ether oxygens (including phenoxy) is 1. The standard InChI is InChI=1S/C16H16N4O3/c1-9-4-5-13(23-3)12(6-9)19-16(22)11-8-17-20-14(21)7-10(2)18-15(11)20/h4-8,17H,1-3H3,(H,19,22). The summed E-state index contributed by atoms with van der Waals surface area (Å²) in [6.45, 7) is 3.63. The lowest BCUT2D eigenvalue weighted by atomic mass is 10.2. The number of aromatic nitrogens is 3. The van der Waals surface area contributed by atoms with Crippen molar-refractivity contribution in [3.05, 3.63) is 57.6 Å². The summed E-state index contributed by atoms with van der Waals surface area (Å²) in [7, 11) is 1.54. The van der Waals surface area contributed by atoms with Crippen LogP contribution in [0.15, 0.2) is 35.3 Å². The van der Waals surface area contributed by atoms with Gasteiger partial charge in [-0.15, -0.1) is 0 Å². The van der Waals surface area contributed by atoms with Crippen LogP contribution in [-0.4, -0.2) is 27.6 Å². The van der Waals surface area contributed by atoms with Gasteiger partial charge >= 0.3 is 0 Å². The van der Waals surface area contributed by atoms with E-state index in [1.165, 1.54) is 23.9 Å². The Morgan fingerprint density at radius 1 is 1.30 bits per heavy atom. The average Bonchev–Trinajstić information content (AvgIpc) is 2.91. The van der Waals surface area contributed by atoms with Crippen LogP contribution in [0.3, 0.4) is 0 Å². The van der Waals surface area contributed by atoms with E-state index in [9.17, 15) is 9.59 Å². The highest BCUT2D eigenvalue weighted by Gasteiger charge is 2.16. The van der Waals surface area contributed by atoms with E-state index in [0.29, 0.717) is 22.8 Å². The van der Waals surface area contributed by atoms with E-state index in [-0.39, 0.29) is 17.0 Å². The van der Waals surface area contributed by atoms with Crippen LogP contribution >= 0.6 is 0 Å². The number of aryl methyl sites for hydroxylation is 2. The van der Waals surface area contributed by atoms with Gasteiger partial charge in [-0.25, -0.2) is 9.50 Å². The van der Waals surface area contributed by atoms with Crippen molar-refractivity contribution in [3.8, 4) is 5.75 Å². The molecule has 0 saturated heterocycles. The number of hydrogen-bond acceptors (Lipinski definition) is 4. The van der Waals surface area contributed by atoms with Gasteiger partial charge in [-0.05, 0) is 31.5 Å². The van der Waals surface area contributed by atoms with Crippen LogP contribution in [-0.2, 0) is 0 Å². The zero-order valence-electron chi connectivity index (χ0n) is 13.0. The molecule has 3 aromatic rings. The SMILES string of the molecule is COc1ccc(C)cc1NC(=O)c1c[nH]n2c(=O)cc(C)nc12. The first-order chi connectivity index (χ1) is 11.0. The molecule has 0 saturated carbocycles. The number of fused-ring (bicyclic) bond motifs is 1. The molecule has 2 heterocycles. The van der Waals surface area contributed by atoms with E-state index in [0.717, 1.165) is 5.56 Å². The van der Waals surface area contributed by atoms with Crippen LogP contribution in [0, 0.1) is 13.8 Å². The molecule has 23 heavy (non-hydrogen) atoms. The number of amides is 1. The fourth-order valence-corrected chi connectivity index (χ4v) is 2.37. The van der Waals surface area contributed by atoms with Gasteiger partial charge in [0.25, 0.3) is 11.5 Å². The molecule has 0 aliphatic carbocycles. The third kappa shape index (κ3) is 2.68. The quantitative estimate of drug-likeness (QED) is 0.773. The third-order valence-electron chi connectivity index (χ3n) is 3.47. The van der Waals surface area contributed by atoms with E-state index in [1.807, 2.05) is 19.1 Å². The molecule has 0 unspecified atom stereocenters. The molecule has 118 valence electrons. The number of anilines is 1. The zero-order chi connectivity index (χ0) is 16.6. The number of H-pyrrole nitrogens is 1. The van der Waals surface area contributed by atoms with Crippen molar-refractivity contribution in [1.29, 1.82) is 0 Å². The first-order valence-electron chi connectivity index (χ1n) is 7.03. The lowest BCUT2D eigenvalue weighted by molar-refractivity contribution is 0.102. The minimum Gasteiger partial charge on any atom is -0.495 e. The first-order valence-corrected chi connectivity index (χ1v) is 7.03. The van der Waals surface area contributed by atoms with Crippen LogP contribution in [0.2, 0.25) is 0 Å². The van der Waals surface area contributed by atoms with Gasteiger partial charge in [-0.3, -0.25) is 14.7 Å². The van der Waals surface area contributed by atoms with Crippen molar-refractivity contribution < 1.29 is 9.53 Å². The molecule has 1 amide bonds. The lowest BCUT2D eigenvalue weighted by Crippen LogP contribution is -2.17. The van der Waals surface area contributed by atoms with Crippen LogP contribution in [0.4, 0.5) is 5.69 Å². The predicted molar refractivity (Wildman–Crippen MR) is 86.2 cm³/mol. The van der Waals surface area contributed by atoms with Gasteiger partial charge in [0.1, 0.15) is 11.3 Å². The Hall–Kier alpha value is -3.09. The number of carbonyl (C=O) groups is 1. The molecular weight excluding hydrogens is 296 g/mol. The van der Waals surface area contributed by atoms with Gasteiger partial charge in [-0.2, -0.15) is 0 Å². The second kappa shape index (κ2) is 5.60. The number of aromatic amines is 1. The minimum atomic E-state index is -0.370. The van der Waals surface area contributed by atoms with E-state index in [4.69, 9.17) is 4.74 Å². The number of rotatable bonds is 3. The van der Waals surface area contributed by atoms with Crippen molar-refractivity contribution in [2.45, 2.75) is 13.8 Å². The highest BCUT2D eigenvalue weighted by Crippen LogP contribution is 2.26. The molecular formula is C16H16N4O3. The molecule has 0 aliphatic rings. The van der Waals surface area contributed by atoms with E-state index < -0.39 is 0 Å². The molecule has 0 fully saturated rings. The molecule has 2 aromatic heterocycles. The summed E-state index contributed by atoms with van der Waals surface area (Å²) in [6, 6.07) is 6.89. The second-order valence-electron chi connectivity index (χ2n) is 5.24. The fraction of sp³-hybridized carbons (Fsp3) is 0.188. The third-order valence-corrected chi connectivity index (χ3v) is 3.47. The topological polar surface area (TPSA) is 88.5 Å². The van der Waals surface area contributed by atoms with Crippen molar-refractivity contribution in [2.75, 3.05) is 12.4 Å². The Morgan fingerprint density at radius 3 is 2.83 bits per heavy atom. The summed E-state index contributed by atoms with van der Waals surface area (Å²) >= 11 is 0. The maximum absolute atomic E-state index is 12.5. The number of hydrogen-bond donors (Lipinski definition) is 2. The maximum atomic E-state index is 12.5. The average molecular weight is 312 g/mol. The summed E-state index contributed by atoms with van der Waals surface area (Å²) in [5.41, 5.74) is 2.42. The number of methoxy groups -OCH3 is 1. The van der Waals surface area contributed by atoms with Gasteiger partial charge in [0.2, 0.25) is 0 Å². The molecule has 7 heteroatoms. The van der Waals surface area contributed by atoms with E-state index >= 15 is 0 Å². The van der Waals surface area contributed by atoms with Crippen LogP contribution < -0.4 is 15.6 Å². The van der Waals surface area contributed by atoms with Crippen LogP contribution in [0.5, 0.6) is 5.75 Å². The van der Waals surface area contributed by atoms with Crippen LogP contribution in [0.1, 0.15) is 21.6 Å². The first kappa shape index (κ1) is 14.8. The number of nitrogens with zero attached hydrogens (tertiary/aromatic N) is 2. The van der Waals surface area contributed by atoms with Gasteiger partial charge in [0.05, 0.1) is 12.8 Å².